The van der Waals surface area contributed by atoms with Crippen molar-refractivity contribution in [3.8, 4) is 22.5 Å². The van der Waals surface area contributed by atoms with Gasteiger partial charge in [0.05, 0.1) is 23.9 Å². The standard InChI is InChI=1S/C28H26N4O4/c1-18(19-6-4-3-5-7-19)36-27(34)30-25-16-24(31-32-25)21-10-13-23(29-17-21)20-8-11-22(12-9-20)28(14-15-28)26(33)35-2/h3-13,16-18H,14-15H2,1-2H3,(H2,30,31,32,34)/t18-/m1/s1. The van der Waals surface area contributed by atoms with E-state index in [0.717, 1.165) is 40.8 Å². The summed E-state index contributed by atoms with van der Waals surface area (Å²) in [4.78, 5) is 29.0. The normalized spacial score (nSPS) is 14.5. The summed E-state index contributed by atoms with van der Waals surface area (Å²) in [5.74, 6) is 0.180. The minimum absolute atomic E-state index is 0.176. The van der Waals surface area contributed by atoms with Crippen molar-refractivity contribution in [2.75, 3.05) is 12.4 Å². The Morgan fingerprint density at radius 1 is 1.00 bits per heavy atom. The Hall–Kier alpha value is -4.46. The third-order valence-electron chi connectivity index (χ3n) is 6.49. The molecule has 0 saturated heterocycles. The number of carbonyl (C=O) groups excluding carboxylic acids is 2. The Labute approximate surface area is 208 Å². The van der Waals surface area contributed by atoms with Crippen LogP contribution in [0.5, 0.6) is 0 Å². The maximum Gasteiger partial charge on any atom is 0.413 e. The summed E-state index contributed by atoms with van der Waals surface area (Å²) in [7, 11) is 1.43. The third kappa shape index (κ3) is 4.70. The molecule has 1 atom stereocenters. The Kier molecular flexibility index (Phi) is 6.25. The number of amides is 1. The monoisotopic (exact) mass is 482 g/mol. The lowest BCUT2D eigenvalue weighted by Crippen LogP contribution is -2.21. The fourth-order valence-electron chi connectivity index (χ4n) is 4.24. The van der Waals surface area contributed by atoms with Crippen LogP contribution in [-0.2, 0) is 19.7 Å². The average molecular weight is 483 g/mol. The van der Waals surface area contributed by atoms with Gasteiger partial charge in [0.1, 0.15) is 6.10 Å². The van der Waals surface area contributed by atoms with E-state index in [1.807, 2.05) is 73.7 Å². The molecule has 5 rings (SSSR count). The van der Waals surface area contributed by atoms with Crippen LogP contribution in [0.4, 0.5) is 10.6 Å². The first-order chi connectivity index (χ1) is 17.5. The number of nitrogens with zero attached hydrogens (tertiary/aromatic N) is 2. The fraction of sp³-hybridized carbons (Fsp3) is 0.214. The topological polar surface area (TPSA) is 106 Å². The van der Waals surface area contributed by atoms with Crippen molar-refractivity contribution in [3.05, 3.63) is 90.1 Å². The zero-order valence-corrected chi connectivity index (χ0v) is 20.0. The van der Waals surface area contributed by atoms with E-state index in [9.17, 15) is 9.59 Å². The number of anilines is 1. The molecular formula is C28H26N4O4. The maximum atomic E-state index is 12.3. The highest BCUT2D eigenvalue weighted by Gasteiger charge is 2.52. The van der Waals surface area contributed by atoms with Gasteiger partial charge in [0.2, 0.25) is 0 Å². The summed E-state index contributed by atoms with van der Waals surface area (Å²) in [6.07, 6.45) is 2.41. The first-order valence-corrected chi connectivity index (χ1v) is 11.7. The van der Waals surface area contributed by atoms with Gasteiger partial charge in [-0.05, 0) is 43.0 Å². The molecule has 0 spiro atoms. The van der Waals surface area contributed by atoms with Crippen LogP contribution in [-0.4, -0.2) is 34.4 Å². The fourth-order valence-corrected chi connectivity index (χ4v) is 4.24. The second-order valence-electron chi connectivity index (χ2n) is 8.83. The zero-order chi connectivity index (χ0) is 25.1. The van der Waals surface area contributed by atoms with Gasteiger partial charge in [0.15, 0.2) is 5.82 Å². The largest absolute Gasteiger partial charge is 0.468 e. The van der Waals surface area contributed by atoms with Crippen LogP contribution >= 0.6 is 0 Å². The predicted octanol–water partition coefficient (Wildman–Crippen LogP) is 5.65. The molecule has 2 aromatic heterocycles. The summed E-state index contributed by atoms with van der Waals surface area (Å²) in [6.45, 7) is 1.81. The van der Waals surface area contributed by atoms with Crippen LogP contribution < -0.4 is 5.32 Å². The number of methoxy groups -OCH3 is 1. The third-order valence-corrected chi connectivity index (χ3v) is 6.49. The van der Waals surface area contributed by atoms with Gasteiger partial charge < -0.3 is 9.47 Å². The van der Waals surface area contributed by atoms with E-state index in [4.69, 9.17) is 9.47 Å². The van der Waals surface area contributed by atoms with Crippen molar-refractivity contribution >= 4 is 17.9 Å². The molecule has 1 amide bonds. The Morgan fingerprint density at radius 3 is 2.36 bits per heavy atom. The van der Waals surface area contributed by atoms with E-state index < -0.39 is 11.5 Å². The predicted molar refractivity (Wildman–Crippen MR) is 135 cm³/mol. The van der Waals surface area contributed by atoms with Crippen LogP contribution in [0.3, 0.4) is 0 Å². The lowest BCUT2D eigenvalue weighted by atomic mass is 9.94. The van der Waals surface area contributed by atoms with Crippen LogP contribution in [0.1, 0.15) is 37.0 Å². The highest BCUT2D eigenvalue weighted by Crippen LogP contribution is 2.49. The summed E-state index contributed by atoms with van der Waals surface area (Å²) in [5, 5.41) is 9.71. The van der Waals surface area contributed by atoms with Gasteiger partial charge in [-0.25, -0.2) is 4.79 Å². The minimum atomic E-state index is -0.582. The van der Waals surface area contributed by atoms with Crippen molar-refractivity contribution in [2.45, 2.75) is 31.3 Å². The summed E-state index contributed by atoms with van der Waals surface area (Å²) in [5.41, 5.74) is 4.70. The number of benzene rings is 2. The van der Waals surface area contributed by atoms with Crippen molar-refractivity contribution < 1.29 is 19.1 Å². The number of ether oxygens (including phenoxy) is 2. The van der Waals surface area contributed by atoms with Crippen molar-refractivity contribution in [1.29, 1.82) is 0 Å². The molecule has 1 fully saturated rings. The Balaban J connectivity index is 1.22. The zero-order valence-electron chi connectivity index (χ0n) is 20.0. The van der Waals surface area contributed by atoms with Crippen LogP contribution in [0.15, 0.2) is 79.0 Å². The van der Waals surface area contributed by atoms with E-state index in [1.54, 1.807) is 12.3 Å². The molecule has 8 nitrogen and oxygen atoms in total. The molecule has 1 saturated carbocycles. The number of esters is 1. The van der Waals surface area contributed by atoms with Gasteiger partial charge in [0.25, 0.3) is 0 Å². The molecule has 36 heavy (non-hydrogen) atoms. The molecular weight excluding hydrogens is 456 g/mol. The highest BCUT2D eigenvalue weighted by atomic mass is 16.6. The number of aromatic amines is 1. The number of H-pyrrole nitrogens is 1. The molecule has 0 unspecified atom stereocenters. The summed E-state index contributed by atoms with van der Waals surface area (Å²) < 4.78 is 10.4. The van der Waals surface area contributed by atoms with Gasteiger partial charge in [-0.2, -0.15) is 5.10 Å². The molecule has 8 heteroatoms. The van der Waals surface area contributed by atoms with Gasteiger partial charge in [-0.1, -0.05) is 54.6 Å². The van der Waals surface area contributed by atoms with Crippen LogP contribution in [0.25, 0.3) is 22.5 Å². The number of hydrogen-bond donors (Lipinski definition) is 2. The van der Waals surface area contributed by atoms with E-state index in [-0.39, 0.29) is 12.1 Å². The molecule has 1 aliphatic carbocycles. The maximum absolute atomic E-state index is 12.3. The first-order valence-electron chi connectivity index (χ1n) is 11.7. The van der Waals surface area contributed by atoms with Crippen LogP contribution in [0.2, 0.25) is 0 Å². The molecule has 182 valence electrons. The quantitative estimate of drug-likeness (QED) is 0.330. The van der Waals surface area contributed by atoms with Gasteiger partial charge >= 0.3 is 12.1 Å². The number of nitrogens with one attached hydrogen (secondary N) is 2. The van der Waals surface area contributed by atoms with Crippen molar-refractivity contribution in [3.63, 3.8) is 0 Å². The second-order valence-corrected chi connectivity index (χ2v) is 8.83. The molecule has 2 aromatic carbocycles. The SMILES string of the molecule is COC(=O)C1(c2ccc(-c3ccc(-c4cc(NC(=O)O[C@H](C)c5ccccc5)n[nH]4)cn3)cc2)CC1. The van der Waals surface area contributed by atoms with E-state index in [1.165, 1.54) is 7.11 Å². The average Bonchev–Trinajstić information content (AvgIpc) is 3.61. The lowest BCUT2D eigenvalue weighted by molar-refractivity contribution is -0.143. The number of pyridine rings is 1. The Morgan fingerprint density at radius 2 is 1.72 bits per heavy atom. The van der Waals surface area contributed by atoms with Crippen molar-refractivity contribution in [2.24, 2.45) is 0 Å². The van der Waals surface area contributed by atoms with Crippen LogP contribution in [0, 0.1) is 0 Å². The van der Waals surface area contributed by atoms with Gasteiger partial charge in [-0.15, -0.1) is 0 Å². The Bertz CT molecular complexity index is 1360. The van der Waals surface area contributed by atoms with Crippen molar-refractivity contribution in [1.82, 2.24) is 15.2 Å². The number of hydrogen-bond acceptors (Lipinski definition) is 6. The minimum Gasteiger partial charge on any atom is -0.468 e. The lowest BCUT2D eigenvalue weighted by Gasteiger charge is -2.13. The molecule has 2 N–H and O–H groups in total. The molecule has 0 radical (unpaired) electrons. The summed E-state index contributed by atoms with van der Waals surface area (Å²) in [6, 6.07) is 23.0. The number of carbonyl (C=O) groups is 2. The summed E-state index contributed by atoms with van der Waals surface area (Å²) >= 11 is 0. The first kappa shape index (κ1) is 23.3. The molecule has 2 heterocycles. The van der Waals surface area contributed by atoms with Gasteiger partial charge in [0, 0.05) is 23.4 Å². The molecule has 4 aromatic rings. The molecule has 1 aliphatic rings. The molecule has 0 aliphatic heterocycles. The van der Waals surface area contributed by atoms with E-state index in [2.05, 4.69) is 20.5 Å². The second kappa shape index (κ2) is 9.65. The van der Waals surface area contributed by atoms with Gasteiger partial charge in [-0.3, -0.25) is 20.2 Å². The number of rotatable bonds is 7. The van der Waals surface area contributed by atoms with E-state index >= 15 is 0 Å². The smallest absolute Gasteiger partial charge is 0.413 e. The van der Waals surface area contributed by atoms with E-state index in [0.29, 0.717) is 11.5 Å². The highest BCUT2D eigenvalue weighted by molar-refractivity contribution is 5.87. The molecule has 0 bridgehead atoms. The number of aromatic nitrogens is 3.